The molecule has 2 amide bonds. The van der Waals surface area contributed by atoms with Crippen molar-refractivity contribution in [3.63, 3.8) is 0 Å². The highest BCUT2D eigenvalue weighted by atomic mass is 16.5. The van der Waals surface area contributed by atoms with Gasteiger partial charge < -0.3 is 4.74 Å². The van der Waals surface area contributed by atoms with Crippen molar-refractivity contribution in [2.45, 2.75) is 52.4 Å². The second-order valence-corrected chi connectivity index (χ2v) is 8.73. The molecule has 4 aliphatic carbocycles. The third-order valence-electron chi connectivity index (χ3n) is 6.68. The van der Waals surface area contributed by atoms with Crippen molar-refractivity contribution in [3.05, 3.63) is 29.3 Å². The summed E-state index contributed by atoms with van der Waals surface area (Å²) in [5.74, 6) is 2.44. The lowest BCUT2D eigenvalue weighted by Crippen LogP contribution is -2.57. The summed E-state index contributed by atoms with van der Waals surface area (Å²) in [7, 11) is 0. The first-order valence-electron chi connectivity index (χ1n) is 9.73. The van der Waals surface area contributed by atoms with Crippen molar-refractivity contribution in [3.8, 4) is 5.75 Å². The second kappa shape index (κ2) is 6.60. The smallest absolute Gasteiger partial charge is 0.276 e. The zero-order chi connectivity index (χ0) is 18.3. The molecule has 5 rings (SSSR count). The van der Waals surface area contributed by atoms with E-state index in [0.717, 1.165) is 24.8 Å². The first-order chi connectivity index (χ1) is 12.4. The van der Waals surface area contributed by atoms with E-state index in [-0.39, 0.29) is 23.8 Å². The van der Waals surface area contributed by atoms with Crippen LogP contribution in [-0.4, -0.2) is 18.4 Å². The number of hydrogen-bond donors (Lipinski definition) is 2. The van der Waals surface area contributed by atoms with Gasteiger partial charge in [0, 0.05) is 0 Å². The molecule has 0 heterocycles. The maximum Gasteiger partial charge on any atom is 0.276 e. The molecule has 0 saturated heterocycles. The van der Waals surface area contributed by atoms with E-state index >= 15 is 0 Å². The molecular formula is C21H28N2O3. The molecule has 5 heteroatoms. The van der Waals surface area contributed by atoms with Gasteiger partial charge in [-0.05, 0) is 93.4 Å². The summed E-state index contributed by atoms with van der Waals surface area (Å²) in [6.07, 6.45) is 6.84. The van der Waals surface area contributed by atoms with Gasteiger partial charge in [0.15, 0.2) is 6.61 Å². The van der Waals surface area contributed by atoms with Crippen molar-refractivity contribution in [2.24, 2.45) is 23.2 Å². The Morgan fingerprint density at radius 3 is 2.19 bits per heavy atom. The fraction of sp³-hybridized carbons (Fsp3) is 0.619. The highest BCUT2D eigenvalue weighted by Crippen LogP contribution is 2.59. The molecule has 4 aliphatic rings. The maximum absolute atomic E-state index is 12.8. The Morgan fingerprint density at radius 1 is 1.00 bits per heavy atom. The van der Waals surface area contributed by atoms with Crippen molar-refractivity contribution in [2.75, 3.05) is 6.61 Å². The van der Waals surface area contributed by atoms with E-state index in [1.54, 1.807) is 0 Å². The number of nitrogens with one attached hydrogen (secondary N) is 2. The molecule has 26 heavy (non-hydrogen) atoms. The highest BCUT2D eigenvalue weighted by molar-refractivity contribution is 5.86. The van der Waals surface area contributed by atoms with Gasteiger partial charge >= 0.3 is 0 Å². The first kappa shape index (κ1) is 17.4. The van der Waals surface area contributed by atoms with Crippen molar-refractivity contribution in [1.29, 1.82) is 0 Å². The van der Waals surface area contributed by atoms with Crippen LogP contribution in [0.1, 0.15) is 49.7 Å². The van der Waals surface area contributed by atoms with E-state index in [0.29, 0.717) is 23.5 Å². The Hall–Kier alpha value is -2.04. The molecule has 4 bridgehead atoms. The molecule has 1 aromatic carbocycles. The molecule has 0 atom stereocenters. The van der Waals surface area contributed by atoms with Crippen LogP contribution in [0.4, 0.5) is 0 Å². The van der Waals surface area contributed by atoms with Crippen LogP contribution in [0.15, 0.2) is 18.2 Å². The van der Waals surface area contributed by atoms with Gasteiger partial charge in [-0.15, -0.1) is 0 Å². The number of aryl methyl sites for hydroxylation is 2. The Bertz CT molecular complexity index is 693. The normalized spacial score (nSPS) is 31.5. The Kier molecular flexibility index (Phi) is 4.41. The van der Waals surface area contributed by atoms with Crippen LogP contribution in [0.5, 0.6) is 5.75 Å². The standard InChI is InChI=1S/C21H28N2O3/c1-13-3-4-18(5-14(13)2)26-12-19(24)22-23-20(25)21-9-15-6-16(10-21)8-17(7-15)11-21/h3-5,15-17H,6-12H2,1-2H3,(H,22,24)(H,23,25). The van der Waals surface area contributed by atoms with Gasteiger partial charge in [-0.25, -0.2) is 0 Å². The van der Waals surface area contributed by atoms with E-state index in [2.05, 4.69) is 10.9 Å². The zero-order valence-electron chi connectivity index (χ0n) is 15.6. The largest absolute Gasteiger partial charge is 0.484 e. The average Bonchev–Trinajstić information content (AvgIpc) is 2.59. The third-order valence-corrected chi connectivity index (χ3v) is 6.68. The van der Waals surface area contributed by atoms with Crippen LogP contribution in [-0.2, 0) is 9.59 Å². The highest BCUT2D eigenvalue weighted by Gasteiger charge is 2.54. The molecule has 0 unspecified atom stereocenters. The van der Waals surface area contributed by atoms with E-state index in [1.807, 2.05) is 32.0 Å². The van der Waals surface area contributed by atoms with Crippen molar-refractivity contribution in [1.82, 2.24) is 10.9 Å². The van der Waals surface area contributed by atoms with Crippen LogP contribution in [0.2, 0.25) is 0 Å². The van der Waals surface area contributed by atoms with Gasteiger partial charge in [0.1, 0.15) is 5.75 Å². The number of amides is 2. The molecule has 140 valence electrons. The van der Waals surface area contributed by atoms with Crippen LogP contribution >= 0.6 is 0 Å². The van der Waals surface area contributed by atoms with E-state index < -0.39 is 0 Å². The minimum Gasteiger partial charge on any atom is -0.484 e. The summed E-state index contributed by atoms with van der Waals surface area (Å²) in [5.41, 5.74) is 7.27. The van der Waals surface area contributed by atoms with E-state index in [1.165, 1.54) is 24.8 Å². The van der Waals surface area contributed by atoms with Gasteiger partial charge in [-0.1, -0.05) is 6.07 Å². The van der Waals surface area contributed by atoms with Crippen LogP contribution in [0, 0.1) is 37.0 Å². The molecule has 2 N–H and O–H groups in total. The predicted octanol–water partition coefficient (Wildman–Crippen LogP) is 3.05. The number of carbonyl (C=O) groups is 2. The lowest BCUT2D eigenvalue weighted by Gasteiger charge is -2.55. The van der Waals surface area contributed by atoms with E-state index in [4.69, 9.17) is 4.74 Å². The minimum atomic E-state index is -0.332. The summed E-state index contributed by atoms with van der Waals surface area (Å²) in [6, 6.07) is 5.73. The number of benzene rings is 1. The fourth-order valence-corrected chi connectivity index (χ4v) is 5.64. The van der Waals surface area contributed by atoms with Crippen LogP contribution in [0.3, 0.4) is 0 Å². The molecule has 0 aliphatic heterocycles. The molecule has 4 fully saturated rings. The number of hydrogen-bond acceptors (Lipinski definition) is 3. The van der Waals surface area contributed by atoms with Crippen LogP contribution < -0.4 is 15.6 Å². The Labute approximate surface area is 154 Å². The quantitative estimate of drug-likeness (QED) is 0.815. The molecule has 4 saturated carbocycles. The topological polar surface area (TPSA) is 67.4 Å². The van der Waals surface area contributed by atoms with Gasteiger partial charge in [0.25, 0.3) is 5.91 Å². The third kappa shape index (κ3) is 3.31. The Morgan fingerprint density at radius 2 is 1.62 bits per heavy atom. The van der Waals surface area contributed by atoms with Gasteiger partial charge in [-0.2, -0.15) is 0 Å². The van der Waals surface area contributed by atoms with Crippen molar-refractivity contribution >= 4 is 11.8 Å². The summed E-state index contributed by atoms with van der Waals surface area (Å²) in [6.45, 7) is 3.93. The molecular weight excluding hydrogens is 328 g/mol. The summed E-state index contributed by atoms with van der Waals surface area (Å²) in [5, 5.41) is 0. The summed E-state index contributed by atoms with van der Waals surface area (Å²) >= 11 is 0. The number of rotatable bonds is 4. The molecule has 0 spiro atoms. The fourth-order valence-electron chi connectivity index (χ4n) is 5.64. The monoisotopic (exact) mass is 356 g/mol. The molecule has 0 aromatic heterocycles. The molecule has 0 radical (unpaired) electrons. The first-order valence-corrected chi connectivity index (χ1v) is 9.73. The average molecular weight is 356 g/mol. The lowest BCUT2D eigenvalue weighted by molar-refractivity contribution is -0.149. The number of carbonyl (C=O) groups excluding carboxylic acids is 2. The minimum absolute atomic E-state index is 0.00358. The van der Waals surface area contributed by atoms with Crippen LogP contribution in [0.25, 0.3) is 0 Å². The maximum atomic E-state index is 12.8. The summed E-state index contributed by atoms with van der Waals surface area (Å²) in [4.78, 5) is 24.8. The van der Waals surface area contributed by atoms with Gasteiger partial charge in [-0.3, -0.25) is 20.4 Å². The number of hydrazine groups is 1. The lowest BCUT2D eigenvalue weighted by atomic mass is 9.49. The SMILES string of the molecule is Cc1ccc(OCC(=O)NNC(=O)C23CC4CC(CC(C4)C2)C3)cc1C. The molecule has 5 nitrogen and oxygen atoms in total. The Balaban J connectivity index is 1.28. The van der Waals surface area contributed by atoms with E-state index in [9.17, 15) is 9.59 Å². The second-order valence-electron chi connectivity index (χ2n) is 8.73. The zero-order valence-corrected chi connectivity index (χ0v) is 15.6. The molecule has 1 aromatic rings. The van der Waals surface area contributed by atoms with Gasteiger partial charge in [0.05, 0.1) is 5.41 Å². The van der Waals surface area contributed by atoms with Crippen molar-refractivity contribution < 1.29 is 14.3 Å². The van der Waals surface area contributed by atoms with Gasteiger partial charge in [0.2, 0.25) is 5.91 Å². The number of ether oxygens (including phenoxy) is 1. The summed E-state index contributed by atoms with van der Waals surface area (Å²) < 4.78 is 5.52. The predicted molar refractivity (Wildman–Crippen MR) is 98.3 cm³/mol.